The number of carbonyl (C=O) groups is 1. The van der Waals surface area contributed by atoms with Crippen molar-refractivity contribution in [2.24, 2.45) is 5.92 Å². The van der Waals surface area contributed by atoms with E-state index in [-0.39, 0.29) is 11.8 Å². The first kappa shape index (κ1) is 19.0. The van der Waals surface area contributed by atoms with Crippen molar-refractivity contribution in [2.75, 3.05) is 26.2 Å². The lowest BCUT2D eigenvalue weighted by atomic mass is 9.75. The molecule has 2 aromatic carbocycles. The van der Waals surface area contributed by atoms with Crippen LogP contribution in [0, 0.1) is 5.92 Å². The summed E-state index contributed by atoms with van der Waals surface area (Å²) in [6.07, 6.45) is 1.47. The van der Waals surface area contributed by atoms with Gasteiger partial charge in [0.25, 0.3) is 0 Å². The number of likely N-dealkylation sites (tertiary alicyclic amines) is 2. The molecule has 0 aromatic heterocycles. The molecule has 0 unspecified atom stereocenters. The Morgan fingerprint density at radius 2 is 1.71 bits per heavy atom. The summed E-state index contributed by atoms with van der Waals surface area (Å²) in [5.74, 6) is 1.89. The summed E-state index contributed by atoms with van der Waals surface area (Å²) < 4.78 is 5.86. The maximum atomic E-state index is 11.7. The molecule has 2 aromatic rings. The van der Waals surface area contributed by atoms with Gasteiger partial charge in [0, 0.05) is 45.6 Å². The summed E-state index contributed by atoms with van der Waals surface area (Å²) in [5, 5.41) is 11.0. The molecule has 2 saturated heterocycles. The minimum atomic E-state index is -0.615. The number of hydrogen-bond donors (Lipinski definition) is 1. The summed E-state index contributed by atoms with van der Waals surface area (Å²) in [7, 11) is 0. The first-order valence-corrected chi connectivity index (χ1v) is 10.0. The molecule has 0 aliphatic carbocycles. The molecular weight excluding hydrogens is 352 g/mol. The third-order valence-electron chi connectivity index (χ3n) is 6.11. The number of rotatable bonds is 4. The van der Waals surface area contributed by atoms with E-state index < -0.39 is 5.60 Å². The van der Waals surface area contributed by atoms with Crippen LogP contribution in [-0.4, -0.2) is 52.6 Å². The Kier molecular flexibility index (Phi) is 5.38. The van der Waals surface area contributed by atoms with Gasteiger partial charge >= 0.3 is 0 Å². The molecule has 2 atom stereocenters. The zero-order valence-electron chi connectivity index (χ0n) is 16.4. The maximum absolute atomic E-state index is 11.7. The van der Waals surface area contributed by atoms with E-state index in [2.05, 4.69) is 17.0 Å². The Morgan fingerprint density at radius 1 is 1.04 bits per heavy atom. The summed E-state index contributed by atoms with van der Waals surface area (Å²) in [5.41, 5.74) is 0.612. The van der Waals surface area contributed by atoms with E-state index in [1.54, 1.807) is 6.92 Å². The molecule has 0 radical (unpaired) electrons. The second-order valence-corrected chi connectivity index (χ2v) is 8.06. The molecule has 1 N–H and O–H groups in total. The fourth-order valence-corrected chi connectivity index (χ4v) is 4.35. The smallest absolute Gasteiger partial charge is 0.219 e. The lowest BCUT2D eigenvalue weighted by Gasteiger charge is -2.50. The van der Waals surface area contributed by atoms with Crippen LogP contribution in [0.15, 0.2) is 54.6 Å². The third kappa shape index (κ3) is 4.21. The van der Waals surface area contributed by atoms with Crippen molar-refractivity contribution in [1.29, 1.82) is 0 Å². The first-order valence-electron chi connectivity index (χ1n) is 10.0. The van der Waals surface area contributed by atoms with E-state index in [0.717, 1.165) is 37.6 Å². The minimum absolute atomic E-state index is 0.105. The van der Waals surface area contributed by atoms with Crippen molar-refractivity contribution in [2.45, 2.75) is 31.9 Å². The molecule has 5 nitrogen and oxygen atoms in total. The number of aliphatic hydroxyl groups is 1. The highest BCUT2D eigenvalue weighted by Gasteiger charge is 2.45. The van der Waals surface area contributed by atoms with Crippen molar-refractivity contribution in [3.63, 3.8) is 0 Å². The van der Waals surface area contributed by atoms with E-state index in [1.165, 1.54) is 5.56 Å². The zero-order chi connectivity index (χ0) is 19.6. The molecule has 0 spiro atoms. The Bertz CT molecular complexity index is 808. The summed E-state index contributed by atoms with van der Waals surface area (Å²) in [6.45, 7) is 5.50. The Morgan fingerprint density at radius 3 is 2.43 bits per heavy atom. The Labute approximate surface area is 166 Å². The van der Waals surface area contributed by atoms with Gasteiger partial charge in [-0.3, -0.25) is 9.69 Å². The molecule has 2 aliphatic rings. The predicted molar refractivity (Wildman–Crippen MR) is 108 cm³/mol. The van der Waals surface area contributed by atoms with Gasteiger partial charge in [0.15, 0.2) is 0 Å². The molecule has 28 heavy (non-hydrogen) atoms. The zero-order valence-corrected chi connectivity index (χ0v) is 16.4. The molecule has 148 valence electrons. The van der Waals surface area contributed by atoms with Crippen molar-refractivity contribution < 1.29 is 14.6 Å². The Hall–Kier alpha value is -2.37. The fraction of sp³-hybridized carbons (Fsp3) is 0.435. The highest BCUT2D eigenvalue weighted by Crippen LogP contribution is 2.36. The highest BCUT2D eigenvalue weighted by atomic mass is 16.5. The molecule has 4 rings (SSSR count). The minimum Gasteiger partial charge on any atom is -0.457 e. The average molecular weight is 380 g/mol. The third-order valence-corrected chi connectivity index (χ3v) is 6.11. The number of amides is 1. The van der Waals surface area contributed by atoms with Crippen LogP contribution in [0.3, 0.4) is 0 Å². The fourth-order valence-electron chi connectivity index (χ4n) is 4.35. The molecule has 0 saturated carbocycles. The molecule has 5 heteroatoms. The lowest BCUT2D eigenvalue weighted by molar-refractivity contribution is -0.145. The van der Waals surface area contributed by atoms with Gasteiger partial charge in [-0.2, -0.15) is 0 Å². The van der Waals surface area contributed by atoms with Crippen molar-refractivity contribution in [3.8, 4) is 11.5 Å². The van der Waals surface area contributed by atoms with Gasteiger partial charge in [0.1, 0.15) is 11.5 Å². The number of carbonyl (C=O) groups excluding carboxylic acids is 1. The van der Waals surface area contributed by atoms with Gasteiger partial charge in [-0.05, 0) is 42.7 Å². The van der Waals surface area contributed by atoms with Gasteiger partial charge in [-0.1, -0.05) is 30.3 Å². The van der Waals surface area contributed by atoms with Crippen LogP contribution >= 0.6 is 0 Å². The number of benzene rings is 2. The van der Waals surface area contributed by atoms with E-state index in [9.17, 15) is 9.90 Å². The first-order chi connectivity index (χ1) is 13.5. The van der Waals surface area contributed by atoms with Crippen LogP contribution in [0.5, 0.6) is 11.5 Å². The lowest BCUT2D eigenvalue weighted by Crippen LogP contribution is -2.60. The summed E-state index contributed by atoms with van der Waals surface area (Å²) >= 11 is 0. The monoisotopic (exact) mass is 380 g/mol. The van der Waals surface area contributed by atoms with Crippen LogP contribution < -0.4 is 4.74 Å². The van der Waals surface area contributed by atoms with Gasteiger partial charge in [-0.15, -0.1) is 0 Å². The number of piperidine rings is 2. The van der Waals surface area contributed by atoms with Crippen LogP contribution in [0.25, 0.3) is 0 Å². The second kappa shape index (κ2) is 7.94. The normalized spacial score (nSPS) is 25.2. The van der Waals surface area contributed by atoms with Crippen molar-refractivity contribution in [3.05, 3.63) is 60.2 Å². The molecular formula is C23H28N2O3. The van der Waals surface area contributed by atoms with Gasteiger partial charge in [-0.25, -0.2) is 0 Å². The summed E-state index contributed by atoms with van der Waals surface area (Å²) in [4.78, 5) is 16.0. The van der Waals surface area contributed by atoms with Crippen LogP contribution in [0.2, 0.25) is 0 Å². The van der Waals surface area contributed by atoms with Gasteiger partial charge < -0.3 is 14.7 Å². The number of fused-ring (bicyclic) bond motifs is 1. The molecule has 0 bridgehead atoms. The maximum Gasteiger partial charge on any atom is 0.219 e. The standard InChI is InChI=1S/C23H28N2O3/c1-18(26)25-14-12-23(27)11-13-24(16-20(23)17-25)15-19-7-9-22(10-8-19)28-21-5-3-2-4-6-21/h2-10,20,27H,11-17H2,1H3/t20-,23-/m0/s1. The van der Waals surface area contributed by atoms with Gasteiger partial charge in [0.2, 0.25) is 5.91 Å². The van der Waals surface area contributed by atoms with E-state index >= 15 is 0 Å². The number of hydrogen-bond acceptors (Lipinski definition) is 4. The van der Waals surface area contributed by atoms with Gasteiger partial charge in [0.05, 0.1) is 5.60 Å². The topological polar surface area (TPSA) is 53.0 Å². The molecule has 2 heterocycles. The molecule has 2 fully saturated rings. The Balaban J connectivity index is 1.36. The van der Waals surface area contributed by atoms with E-state index in [1.807, 2.05) is 47.4 Å². The predicted octanol–water partition coefficient (Wildman–Crippen LogP) is 3.28. The largest absolute Gasteiger partial charge is 0.457 e. The highest BCUT2D eigenvalue weighted by molar-refractivity contribution is 5.73. The van der Waals surface area contributed by atoms with E-state index in [0.29, 0.717) is 19.5 Å². The number of para-hydroxylation sites is 1. The van der Waals surface area contributed by atoms with Crippen LogP contribution in [0.4, 0.5) is 0 Å². The van der Waals surface area contributed by atoms with Crippen LogP contribution in [0.1, 0.15) is 25.3 Å². The van der Waals surface area contributed by atoms with E-state index in [4.69, 9.17) is 4.74 Å². The second-order valence-electron chi connectivity index (χ2n) is 8.06. The number of nitrogens with zero attached hydrogens (tertiary/aromatic N) is 2. The molecule has 2 aliphatic heterocycles. The SMILES string of the molecule is CC(=O)N1CC[C@@]2(O)CCN(Cc3ccc(Oc4ccccc4)cc3)C[C@H]2C1. The van der Waals surface area contributed by atoms with Crippen molar-refractivity contribution >= 4 is 5.91 Å². The summed E-state index contributed by atoms with van der Waals surface area (Å²) in [6, 6.07) is 18.0. The van der Waals surface area contributed by atoms with Crippen LogP contribution in [-0.2, 0) is 11.3 Å². The molecule has 1 amide bonds. The van der Waals surface area contributed by atoms with Crippen molar-refractivity contribution in [1.82, 2.24) is 9.80 Å². The quantitative estimate of drug-likeness (QED) is 0.884. The average Bonchev–Trinajstić information content (AvgIpc) is 2.70. The number of ether oxygens (including phenoxy) is 1.